The van der Waals surface area contributed by atoms with Crippen molar-refractivity contribution in [2.45, 2.75) is 12.8 Å². The second-order valence-corrected chi connectivity index (χ2v) is 3.80. The van der Waals surface area contributed by atoms with Gasteiger partial charge in [-0.3, -0.25) is 19.3 Å². The first-order valence-electron chi connectivity index (χ1n) is 5.76. The van der Waals surface area contributed by atoms with Gasteiger partial charge < -0.3 is 9.47 Å². The van der Waals surface area contributed by atoms with Gasteiger partial charge in [-0.25, -0.2) is 9.59 Å². The number of amides is 2. The Hall–Kier alpha value is -2.51. The summed E-state index contributed by atoms with van der Waals surface area (Å²) in [4.78, 5) is 56.6. The zero-order valence-electron chi connectivity index (χ0n) is 10.8. The number of imide groups is 1. The Morgan fingerprint density at radius 1 is 1.15 bits per heavy atom. The molecule has 1 fully saturated rings. The minimum atomic E-state index is -1.18. The zero-order valence-corrected chi connectivity index (χ0v) is 10.8. The molecule has 0 N–H and O–H groups in total. The lowest BCUT2D eigenvalue weighted by Gasteiger charge is -2.12. The molecule has 0 aromatic rings. The predicted molar refractivity (Wildman–Crippen MR) is 63.1 cm³/mol. The largest absolute Gasteiger partial charge is 0.466 e. The van der Waals surface area contributed by atoms with Gasteiger partial charge in [0.1, 0.15) is 6.61 Å². The second-order valence-electron chi connectivity index (χ2n) is 3.80. The minimum absolute atomic E-state index is 0.0859. The van der Waals surface area contributed by atoms with Gasteiger partial charge in [0.25, 0.3) is 5.78 Å². The summed E-state index contributed by atoms with van der Waals surface area (Å²) in [6, 6.07) is 0. The van der Waals surface area contributed by atoms with Gasteiger partial charge in [0, 0.05) is 25.0 Å². The number of nitrogens with zero attached hydrogens (tertiary/aromatic N) is 1. The van der Waals surface area contributed by atoms with E-state index >= 15 is 0 Å². The fraction of sp³-hybridized carbons (Fsp3) is 0.417. The van der Waals surface area contributed by atoms with Gasteiger partial charge >= 0.3 is 11.9 Å². The van der Waals surface area contributed by atoms with Gasteiger partial charge in [-0.1, -0.05) is 0 Å². The molecule has 8 nitrogen and oxygen atoms in total. The first-order valence-corrected chi connectivity index (χ1v) is 5.76. The Labute approximate surface area is 114 Å². The van der Waals surface area contributed by atoms with Crippen LogP contribution in [0.2, 0.25) is 0 Å². The van der Waals surface area contributed by atoms with E-state index in [0.717, 1.165) is 24.2 Å². The van der Waals surface area contributed by atoms with E-state index < -0.39 is 17.7 Å². The summed E-state index contributed by atoms with van der Waals surface area (Å²) in [5, 5.41) is 0. The molecular formula is C12H13NO7. The lowest BCUT2D eigenvalue weighted by atomic mass is 10.3. The molecule has 1 heterocycles. The third kappa shape index (κ3) is 4.30. The van der Waals surface area contributed by atoms with E-state index in [2.05, 4.69) is 9.47 Å². The van der Waals surface area contributed by atoms with Crippen LogP contribution in [0.25, 0.3) is 0 Å². The van der Waals surface area contributed by atoms with Crippen LogP contribution in [-0.4, -0.2) is 54.7 Å². The Bertz CT molecular complexity index is 464. The fourth-order valence-corrected chi connectivity index (χ4v) is 1.45. The molecule has 8 heteroatoms. The van der Waals surface area contributed by atoms with Crippen LogP contribution < -0.4 is 0 Å². The van der Waals surface area contributed by atoms with Crippen molar-refractivity contribution >= 4 is 29.5 Å². The SMILES string of the molecule is COC(=O)/C=C/C(=O)C(=O)OCCN1C(=O)CCC1=O. The summed E-state index contributed by atoms with van der Waals surface area (Å²) >= 11 is 0. The minimum Gasteiger partial charge on any atom is -0.466 e. The van der Waals surface area contributed by atoms with Gasteiger partial charge in [0.2, 0.25) is 11.8 Å². The molecule has 0 bridgehead atoms. The van der Waals surface area contributed by atoms with E-state index in [-0.39, 0.29) is 37.8 Å². The molecule has 1 aliphatic rings. The molecule has 108 valence electrons. The quantitative estimate of drug-likeness (QED) is 0.265. The third-order valence-corrected chi connectivity index (χ3v) is 2.48. The highest BCUT2D eigenvalue weighted by Crippen LogP contribution is 2.10. The number of ketones is 1. The highest BCUT2D eigenvalue weighted by Gasteiger charge is 2.28. The molecule has 0 atom stereocenters. The van der Waals surface area contributed by atoms with Gasteiger partial charge in [0.05, 0.1) is 13.7 Å². The normalized spacial score (nSPS) is 14.8. The van der Waals surface area contributed by atoms with Gasteiger partial charge in [0.15, 0.2) is 0 Å². The number of methoxy groups -OCH3 is 1. The van der Waals surface area contributed by atoms with Crippen molar-refractivity contribution in [3.05, 3.63) is 12.2 Å². The predicted octanol–water partition coefficient (Wildman–Crippen LogP) is -1.02. The van der Waals surface area contributed by atoms with E-state index in [0.29, 0.717) is 0 Å². The number of hydrogen-bond donors (Lipinski definition) is 0. The van der Waals surface area contributed by atoms with Crippen LogP contribution in [0.15, 0.2) is 12.2 Å². The number of carbonyl (C=O) groups is 5. The molecule has 2 amide bonds. The molecule has 0 radical (unpaired) electrons. The van der Waals surface area contributed by atoms with Crippen molar-refractivity contribution in [1.82, 2.24) is 4.90 Å². The average molecular weight is 283 g/mol. The Kier molecular flexibility index (Phi) is 5.57. The summed E-state index contributed by atoms with van der Waals surface area (Å²) in [7, 11) is 1.12. The van der Waals surface area contributed by atoms with Crippen molar-refractivity contribution in [1.29, 1.82) is 0 Å². The van der Waals surface area contributed by atoms with Crippen molar-refractivity contribution in [2.24, 2.45) is 0 Å². The summed E-state index contributed by atoms with van der Waals surface area (Å²) in [6.45, 7) is -0.356. The molecule has 1 rings (SSSR count). The maximum Gasteiger partial charge on any atom is 0.379 e. The lowest BCUT2D eigenvalue weighted by Crippen LogP contribution is -2.33. The maximum absolute atomic E-state index is 11.2. The van der Waals surface area contributed by atoms with Crippen LogP contribution >= 0.6 is 0 Å². The van der Waals surface area contributed by atoms with Crippen LogP contribution in [0, 0.1) is 0 Å². The summed E-state index contributed by atoms with van der Waals surface area (Å²) in [5.41, 5.74) is 0. The number of hydrogen-bond acceptors (Lipinski definition) is 7. The van der Waals surface area contributed by atoms with Gasteiger partial charge in [-0.05, 0) is 0 Å². The van der Waals surface area contributed by atoms with Crippen LogP contribution in [0.3, 0.4) is 0 Å². The molecule has 1 aliphatic heterocycles. The van der Waals surface area contributed by atoms with Crippen molar-refractivity contribution in [2.75, 3.05) is 20.3 Å². The summed E-state index contributed by atoms with van der Waals surface area (Å²) in [6.07, 6.45) is 1.80. The monoisotopic (exact) mass is 283 g/mol. The van der Waals surface area contributed by atoms with Crippen LogP contribution in [0.1, 0.15) is 12.8 Å². The highest BCUT2D eigenvalue weighted by atomic mass is 16.5. The molecule has 0 aromatic heterocycles. The zero-order chi connectivity index (χ0) is 15.1. The molecule has 0 aliphatic carbocycles. The Morgan fingerprint density at radius 3 is 2.30 bits per heavy atom. The van der Waals surface area contributed by atoms with Gasteiger partial charge in [-0.15, -0.1) is 0 Å². The molecule has 0 aromatic carbocycles. The smallest absolute Gasteiger partial charge is 0.379 e. The topological polar surface area (TPSA) is 107 Å². The van der Waals surface area contributed by atoms with Crippen LogP contribution in [0.5, 0.6) is 0 Å². The molecule has 1 saturated heterocycles. The molecule has 0 unspecified atom stereocenters. The standard InChI is InChI=1S/C12H13NO7/c1-19-11(17)5-2-8(14)12(18)20-7-6-13-9(15)3-4-10(13)16/h2,5H,3-4,6-7H2,1H3/b5-2+. The first-order chi connectivity index (χ1) is 9.45. The maximum atomic E-state index is 11.2. The second kappa shape index (κ2) is 7.17. The van der Waals surface area contributed by atoms with Crippen molar-refractivity contribution < 1.29 is 33.4 Å². The lowest BCUT2D eigenvalue weighted by molar-refractivity contribution is -0.153. The van der Waals surface area contributed by atoms with E-state index in [4.69, 9.17) is 0 Å². The molecule has 20 heavy (non-hydrogen) atoms. The summed E-state index contributed by atoms with van der Waals surface area (Å²) in [5.74, 6) is -3.65. The van der Waals surface area contributed by atoms with Crippen molar-refractivity contribution in [3.63, 3.8) is 0 Å². The Morgan fingerprint density at radius 2 is 1.75 bits per heavy atom. The molecule has 0 saturated carbocycles. The Balaban J connectivity index is 2.34. The van der Waals surface area contributed by atoms with Gasteiger partial charge in [-0.2, -0.15) is 0 Å². The van der Waals surface area contributed by atoms with E-state index in [9.17, 15) is 24.0 Å². The van der Waals surface area contributed by atoms with E-state index in [1.54, 1.807) is 0 Å². The van der Waals surface area contributed by atoms with E-state index in [1.165, 1.54) is 0 Å². The number of likely N-dealkylation sites (tertiary alicyclic amines) is 1. The molecule has 0 spiro atoms. The number of ether oxygens (including phenoxy) is 2. The first kappa shape index (κ1) is 15.5. The number of rotatable bonds is 6. The van der Waals surface area contributed by atoms with E-state index in [1.807, 2.05) is 0 Å². The third-order valence-electron chi connectivity index (χ3n) is 2.48. The van der Waals surface area contributed by atoms with Crippen molar-refractivity contribution in [3.8, 4) is 0 Å². The molecular weight excluding hydrogens is 270 g/mol. The van der Waals surface area contributed by atoms with Crippen LogP contribution in [-0.2, 0) is 33.4 Å². The fourth-order valence-electron chi connectivity index (χ4n) is 1.45. The summed E-state index contributed by atoms with van der Waals surface area (Å²) < 4.78 is 8.83. The number of esters is 2. The van der Waals surface area contributed by atoms with Crippen LogP contribution in [0.4, 0.5) is 0 Å². The number of carbonyl (C=O) groups excluding carboxylic acids is 5. The highest BCUT2D eigenvalue weighted by molar-refractivity contribution is 6.38. The average Bonchev–Trinajstić information content (AvgIpc) is 2.75.